The molecule has 0 spiro atoms. The maximum absolute atomic E-state index is 12.4. The van der Waals surface area contributed by atoms with Gasteiger partial charge in [0.1, 0.15) is 17.3 Å². The van der Waals surface area contributed by atoms with Crippen LogP contribution in [0, 0.1) is 0 Å². The fraction of sp³-hybridized carbons (Fsp3) is 0.136. The number of carbonyl (C=O) groups is 1. The van der Waals surface area contributed by atoms with Crippen LogP contribution in [0.5, 0.6) is 11.5 Å². The van der Waals surface area contributed by atoms with E-state index >= 15 is 0 Å². The third-order valence-electron chi connectivity index (χ3n) is 4.30. The number of carbonyl (C=O) groups excluding carboxylic acids is 1. The number of hydrogen-bond donors (Lipinski definition) is 2. The molecule has 31 heavy (non-hydrogen) atoms. The molecule has 0 saturated carbocycles. The Morgan fingerprint density at radius 1 is 1.06 bits per heavy atom. The van der Waals surface area contributed by atoms with Gasteiger partial charge in [0, 0.05) is 12.1 Å². The molecule has 0 aliphatic carbocycles. The highest BCUT2D eigenvalue weighted by atomic mass is 32.2. The van der Waals surface area contributed by atoms with E-state index in [9.17, 15) is 13.2 Å². The van der Waals surface area contributed by atoms with Gasteiger partial charge in [-0.2, -0.15) is 0 Å². The first-order valence-electron chi connectivity index (χ1n) is 9.24. The molecule has 2 aromatic carbocycles. The molecule has 0 unspecified atom stereocenters. The fourth-order valence-electron chi connectivity index (χ4n) is 2.67. The quantitative estimate of drug-likeness (QED) is 0.492. The van der Waals surface area contributed by atoms with Crippen LogP contribution in [-0.4, -0.2) is 28.5 Å². The molecule has 162 valence electrons. The molecule has 3 rings (SSSR count). The zero-order chi connectivity index (χ0) is 22.3. The summed E-state index contributed by atoms with van der Waals surface area (Å²) in [6, 6.07) is 14.6. The summed E-state index contributed by atoms with van der Waals surface area (Å²) in [7, 11) is -0.634. The van der Waals surface area contributed by atoms with Crippen molar-refractivity contribution in [1.29, 1.82) is 0 Å². The topological polar surface area (TPSA) is 107 Å². The van der Waals surface area contributed by atoms with Crippen LogP contribution in [0.25, 0.3) is 6.08 Å². The third-order valence-corrected chi connectivity index (χ3v) is 5.72. The molecule has 1 aromatic heterocycles. The average molecular weight is 442 g/mol. The number of sulfonamides is 1. The Kier molecular flexibility index (Phi) is 7.11. The van der Waals surface area contributed by atoms with Crippen LogP contribution in [0.1, 0.15) is 11.3 Å². The van der Waals surface area contributed by atoms with Crippen LogP contribution in [0.2, 0.25) is 0 Å². The molecule has 0 aliphatic rings. The Balaban J connectivity index is 1.62. The second kappa shape index (κ2) is 9.96. The van der Waals surface area contributed by atoms with Gasteiger partial charge < -0.3 is 19.2 Å². The van der Waals surface area contributed by atoms with E-state index in [-0.39, 0.29) is 17.3 Å². The van der Waals surface area contributed by atoms with Crippen molar-refractivity contribution in [3.8, 4) is 11.5 Å². The SMILES string of the molecule is COc1ccc(NC(=O)/C=C/c2ccc(S(=O)(=O)NCc3ccco3)cc2)c(OC)c1. The molecule has 0 fully saturated rings. The van der Waals surface area contributed by atoms with Crippen LogP contribution in [0.4, 0.5) is 5.69 Å². The van der Waals surface area contributed by atoms with Gasteiger partial charge in [0.25, 0.3) is 0 Å². The number of furan rings is 1. The van der Waals surface area contributed by atoms with Crippen LogP contribution >= 0.6 is 0 Å². The summed E-state index contributed by atoms with van der Waals surface area (Å²) in [6.45, 7) is 0.0615. The minimum Gasteiger partial charge on any atom is -0.497 e. The van der Waals surface area contributed by atoms with Crippen LogP contribution in [-0.2, 0) is 21.4 Å². The zero-order valence-corrected chi connectivity index (χ0v) is 17.8. The molecule has 3 aromatic rings. The van der Waals surface area contributed by atoms with Crippen molar-refractivity contribution < 1.29 is 27.1 Å². The van der Waals surface area contributed by atoms with E-state index in [1.165, 1.54) is 31.6 Å². The number of rotatable bonds is 9. The van der Waals surface area contributed by atoms with Gasteiger partial charge in [-0.3, -0.25) is 4.79 Å². The maximum Gasteiger partial charge on any atom is 0.248 e. The lowest BCUT2D eigenvalue weighted by Crippen LogP contribution is -2.22. The fourth-order valence-corrected chi connectivity index (χ4v) is 3.66. The highest BCUT2D eigenvalue weighted by molar-refractivity contribution is 7.89. The minimum absolute atomic E-state index is 0.0615. The van der Waals surface area contributed by atoms with E-state index < -0.39 is 10.0 Å². The molecule has 2 N–H and O–H groups in total. The van der Waals surface area contributed by atoms with Crippen molar-refractivity contribution in [3.05, 3.63) is 78.3 Å². The second-order valence-electron chi connectivity index (χ2n) is 6.36. The molecule has 1 heterocycles. The first kappa shape index (κ1) is 22.1. The smallest absolute Gasteiger partial charge is 0.248 e. The van der Waals surface area contributed by atoms with E-state index in [1.807, 2.05) is 0 Å². The molecule has 8 nitrogen and oxygen atoms in total. The van der Waals surface area contributed by atoms with E-state index in [4.69, 9.17) is 13.9 Å². The summed E-state index contributed by atoms with van der Waals surface area (Å²) < 4.78 is 42.7. The lowest BCUT2D eigenvalue weighted by Gasteiger charge is -2.10. The van der Waals surface area contributed by atoms with Crippen molar-refractivity contribution >= 4 is 27.7 Å². The number of amides is 1. The molecular formula is C22H22N2O6S. The average Bonchev–Trinajstić information content (AvgIpc) is 3.31. The van der Waals surface area contributed by atoms with Gasteiger partial charge in [-0.25, -0.2) is 13.1 Å². The maximum atomic E-state index is 12.4. The molecular weight excluding hydrogens is 420 g/mol. The van der Waals surface area contributed by atoms with E-state index in [0.717, 1.165) is 0 Å². The van der Waals surface area contributed by atoms with Gasteiger partial charge in [0.05, 0.1) is 37.6 Å². The zero-order valence-electron chi connectivity index (χ0n) is 17.0. The van der Waals surface area contributed by atoms with Crippen LogP contribution in [0.3, 0.4) is 0 Å². The Morgan fingerprint density at radius 2 is 1.84 bits per heavy atom. The first-order chi connectivity index (χ1) is 14.9. The standard InChI is InChI=1S/C22H22N2O6S/c1-28-17-8-11-20(21(14-17)29-2)24-22(25)12-7-16-5-9-19(10-6-16)31(26,27)23-15-18-4-3-13-30-18/h3-14,23H,15H2,1-2H3,(H,24,25)/b12-7+. The summed E-state index contributed by atoms with van der Waals surface area (Å²) >= 11 is 0. The van der Waals surface area contributed by atoms with Crippen molar-refractivity contribution in [3.63, 3.8) is 0 Å². The van der Waals surface area contributed by atoms with Crippen LogP contribution < -0.4 is 19.5 Å². The molecule has 0 bridgehead atoms. The summed E-state index contributed by atoms with van der Waals surface area (Å²) in [6.07, 6.45) is 4.41. The largest absolute Gasteiger partial charge is 0.497 e. The molecule has 0 atom stereocenters. The van der Waals surface area contributed by atoms with Crippen molar-refractivity contribution in [2.24, 2.45) is 0 Å². The third kappa shape index (κ3) is 5.97. The van der Waals surface area contributed by atoms with Crippen molar-refractivity contribution in [1.82, 2.24) is 4.72 Å². The normalized spacial score (nSPS) is 11.4. The Bertz CT molecular complexity index is 1150. The lowest BCUT2D eigenvalue weighted by molar-refractivity contribution is -0.111. The summed E-state index contributed by atoms with van der Waals surface area (Å²) in [5.74, 6) is 1.24. The van der Waals surface area contributed by atoms with E-state index in [2.05, 4.69) is 10.0 Å². The molecule has 1 amide bonds. The predicted octanol–water partition coefficient (Wildman–Crippen LogP) is 3.43. The van der Waals surface area contributed by atoms with E-state index in [1.54, 1.807) is 55.7 Å². The summed E-state index contributed by atoms with van der Waals surface area (Å²) in [4.78, 5) is 12.3. The number of benzene rings is 2. The number of ether oxygens (including phenoxy) is 2. The van der Waals surface area contributed by atoms with Gasteiger partial charge in [-0.1, -0.05) is 12.1 Å². The molecule has 0 radical (unpaired) electrons. The molecule has 0 aliphatic heterocycles. The highest BCUT2D eigenvalue weighted by Gasteiger charge is 2.14. The van der Waals surface area contributed by atoms with Gasteiger partial charge in [-0.05, 0) is 48.0 Å². The lowest BCUT2D eigenvalue weighted by atomic mass is 10.2. The van der Waals surface area contributed by atoms with Crippen molar-refractivity contribution in [2.75, 3.05) is 19.5 Å². The molecule has 0 saturated heterocycles. The number of methoxy groups -OCH3 is 2. The molecule has 9 heteroatoms. The Labute approximate surface area is 180 Å². The predicted molar refractivity (Wildman–Crippen MR) is 116 cm³/mol. The van der Waals surface area contributed by atoms with Gasteiger partial charge >= 0.3 is 0 Å². The van der Waals surface area contributed by atoms with Crippen LogP contribution in [0.15, 0.2) is 76.2 Å². The highest BCUT2D eigenvalue weighted by Crippen LogP contribution is 2.29. The number of hydrogen-bond acceptors (Lipinski definition) is 6. The monoisotopic (exact) mass is 442 g/mol. The Hall–Kier alpha value is -3.56. The van der Waals surface area contributed by atoms with E-state index in [0.29, 0.717) is 28.5 Å². The number of nitrogens with one attached hydrogen (secondary N) is 2. The summed E-state index contributed by atoms with van der Waals surface area (Å²) in [5, 5.41) is 2.73. The Morgan fingerprint density at radius 3 is 2.48 bits per heavy atom. The number of anilines is 1. The first-order valence-corrected chi connectivity index (χ1v) is 10.7. The van der Waals surface area contributed by atoms with Gasteiger partial charge in [0.2, 0.25) is 15.9 Å². The van der Waals surface area contributed by atoms with Crippen molar-refractivity contribution in [2.45, 2.75) is 11.4 Å². The second-order valence-corrected chi connectivity index (χ2v) is 8.13. The van der Waals surface area contributed by atoms with Gasteiger partial charge in [0.15, 0.2) is 0 Å². The minimum atomic E-state index is -3.68. The summed E-state index contributed by atoms with van der Waals surface area (Å²) in [5.41, 5.74) is 1.17. The van der Waals surface area contributed by atoms with Gasteiger partial charge in [-0.15, -0.1) is 0 Å².